The quantitative estimate of drug-likeness (QED) is 0.642. The van der Waals surface area contributed by atoms with Crippen LogP contribution in [-0.4, -0.2) is 14.8 Å². The zero-order valence-electron chi connectivity index (χ0n) is 9.42. The Morgan fingerprint density at radius 1 is 1.17 bits per heavy atom. The molecule has 3 nitrogen and oxygen atoms in total. The van der Waals surface area contributed by atoms with Gasteiger partial charge in [0.05, 0.1) is 5.33 Å². The molecule has 1 aromatic heterocycles. The first kappa shape index (κ1) is 13.1. The molecule has 7 heteroatoms. The predicted octanol–water partition coefficient (Wildman–Crippen LogP) is 3.28. The molecular formula is C11H9BrF3N3. The molecule has 0 aliphatic heterocycles. The van der Waals surface area contributed by atoms with Crippen molar-refractivity contribution in [2.45, 2.75) is 18.8 Å². The average molecular weight is 320 g/mol. The van der Waals surface area contributed by atoms with Crippen LogP contribution in [0.5, 0.6) is 0 Å². The van der Waals surface area contributed by atoms with Gasteiger partial charge in [0, 0.05) is 12.1 Å². The number of benzene rings is 1. The molecule has 0 saturated carbocycles. The summed E-state index contributed by atoms with van der Waals surface area (Å²) in [5, 5.41) is 8.23. The zero-order valence-corrected chi connectivity index (χ0v) is 11.0. The number of rotatable bonds is 3. The van der Waals surface area contributed by atoms with Crippen molar-refractivity contribution in [2.75, 3.05) is 0 Å². The fourth-order valence-electron chi connectivity index (χ4n) is 1.66. The highest BCUT2D eigenvalue weighted by Gasteiger charge is 2.16. The molecule has 2 aromatic rings. The number of aromatic nitrogens is 3. The molecule has 0 bridgehead atoms. The number of nitrogens with zero attached hydrogens (tertiary/aromatic N) is 3. The van der Waals surface area contributed by atoms with Crippen molar-refractivity contribution in [1.82, 2.24) is 14.8 Å². The van der Waals surface area contributed by atoms with E-state index in [0.717, 1.165) is 12.1 Å². The molecule has 0 fully saturated rings. The molecule has 0 saturated heterocycles. The summed E-state index contributed by atoms with van der Waals surface area (Å²) in [5.74, 6) is -3.02. The van der Waals surface area contributed by atoms with Crippen LogP contribution in [0.3, 0.4) is 0 Å². The van der Waals surface area contributed by atoms with Gasteiger partial charge in [-0.25, -0.2) is 13.2 Å². The summed E-state index contributed by atoms with van der Waals surface area (Å²) in [7, 11) is 0. The van der Waals surface area contributed by atoms with Gasteiger partial charge in [0.1, 0.15) is 5.82 Å². The second-order valence-corrected chi connectivity index (χ2v) is 4.13. The largest absolute Gasteiger partial charge is 0.311 e. The van der Waals surface area contributed by atoms with E-state index in [1.807, 2.05) is 6.92 Å². The van der Waals surface area contributed by atoms with E-state index in [4.69, 9.17) is 0 Å². The molecule has 0 unspecified atom stereocenters. The van der Waals surface area contributed by atoms with E-state index in [1.165, 1.54) is 0 Å². The Morgan fingerprint density at radius 3 is 2.28 bits per heavy atom. The van der Waals surface area contributed by atoms with E-state index in [-0.39, 0.29) is 5.56 Å². The number of halogens is 4. The smallest absolute Gasteiger partial charge is 0.194 e. The lowest BCUT2D eigenvalue weighted by atomic mass is 10.2. The van der Waals surface area contributed by atoms with Crippen LogP contribution in [0.4, 0.5) is 13.2 Å². The van der Waals surface area contributed by atoms with Gasteiger partial charge in [-0.3, -0.25) is 0 Å². The first-order valence-electron chi connectivity index (χ1n) is 5.21. The Labute approximate surface area is 110 Å². The highest BCUT2D eigenvalue weighted by Crippen LogP contribution is 2.23. The third-order valence-corrected chi connectivity index (χ3v) is 3.01. The third kappa shape index (κ3) is 2.14. The summed E-state index contributed by atoms with van der Waals surface area (Å²) in [6, 6.07) is 1.82. The van der Waals surface area contributed by atoms with Crippen molar-refractivity contribution in [2.24, 2.45) is 0 Å². The standard InChI is InChI=1S/C11H9BrF3N3/c1-2-18-9(5-12)16-17-11(18)6-3-7(13)10(15)8(14)4-6/h3-4H,2,5H2,1H3. The third-order valence-electron chi connectivity index (χ3n) is 2.51. The van der Waals surface area contributed by atoms with Crippen LogP contribution >= 0.6 is 15.9 Å². The van der Waals surface area contributed by atoms with Gasteiger partial charge in [-0.2, -0.15) is 0 Å². The maximum absolute atomic E-state index is 13.2. The molecule has 0 atom stereocenters. The maximum atomic E-state index is 13.2. The summed E-state index contributed by atoms with van der Waals surface area (Å²) < 4.78 is 40.9. The Morgan fingerprint density at radius 2 is 1.78 bits per heavy atom. The molecule has 1 aromatic carbocycles. The minimum absolute atomic E-state index is 0.160. The van der Waals surface area contributed by atoms with Crippen molar-refractivity contribution < 1.29 is 13.2 Å². The van der Waals surface area contributed by atoms with E-state index in [0.29, 0.717) is 23.5 Å². The summed E-state index contributed by atoms with van der Waals surface area (Å²) in [4.78, 5) is 0. The van der Waals surface area contributed by atoms with Crippen LogP contribution in [0.25, 0.3) is 11.4 Å². The van der Waals surface area contributed by atoms with Crippen LogP contribution in [0, 0.1) is 17.5 Å². The van der Waals surface area contributed by atoms with Gasteiger partial charge < -0.3 is 4.57 Å². The number of alkyl halides is 1. The van der Waals surface area contributed by atoms with Crippen LogP contribution < -0.4 is 0 Å². The Hall–Kier alpha value is -1.37. The van der Waals surface area contributed by atoms with Crippen LogP contribution in [0.2, 0.25) is 0 Å². The predicted molar refractivity (Wildman–Crippen MR) is 63.6 cm³/mol. The molecule has 0 aliphatic rings. The Bertz CT molecular complexity index is 560. The molecule has 0 aliphatic carbocycles. The van der Waals surface area contributed by atoms with Crippen molar-refractivity contribution in [3.63, 3.8) is 0 Å². The van der Waals surface area contributed by atoms with Gasteiger partial charge in [-0.15, -0.1) is 10.2 Å². The van der Waals surface area contributed by atoms with Gasteiger partial charge in [-0.1, -0.05) is 15.9 Å². The van der Waals surface area contributed by atoms with Gasteiger partial charge in [0.2, 0.25) is 0 Å². The van der Waals surface area contributed by atoms with Crippen molar-refractivity contribution >= 4 is 15.9 Å². The van der Waals surface area contributed by atoms with E-state index < -0.39 is 17.5 Å². The van der Waals surface area contributed by atoms with E-state index in [9.17, 15) is 13.2 Å². The topological polar surface area (TPSA) is 30.7 Å². The Kier molecular flexibility index (Phi) is 3.70. The Balaban J connectivity index is 2.58. The monoisotopic (exact) mass is 319 g/mol. The lowest BCUT2D eigenvalue weighted by Crippen LogP contribution is -2.03. The minimum atomic E-state index is -1.48. The normalized spacial score (nSPS) is 10.9. The fraction of sp³-hybridized carbons (Fsp3) is 0.273. The molecule has 0 amide bonds. The fourth-order valence-corrected chi connectivity index (χ4v) is 2.08. The number of hydrogen-bond acceptors (Lipinski definition) is 2. The molecule has 1 heterocycles. The van der Waals surface area contributed by atoms with Gasteiger partial charge in [0.25, 0.3) is 0 Å². The molecular weight excluding hydrogens is 311 g/mol. The molecule has 0 N–H and O–H groups in total. The SMILES string of the molecule is CCn1c(CBr)nnc1-c1cc(F)c(F)c(F)c1. The lowest BCUT2D eigenvalue weighted by molar-refractivity contribution is 0.447. The van der Waals surface area contributed by atoms with Crippen LogP contribution in [0.15, 0.2) is 12.1 Å². The molecule has 96 valence electrons. The summed E-state index contributed by atoms with van der Waals surface area (Å²) in [6.07, 6.45) is 0. The van der Waals surface area contributed by atoms with E-state index in [2.05, 4.69) is 26.1 Å². The lowest BCUT2D eigenvalue weighted by Gasteiger charge is -2.06. The number of hydrogen-bond donors (Lipinski definition) is 0. The molecule has 18 heavy (non-hydrogen) atoms. The first-order valence-corrected chi connectivity index (χ1v) is 6.33. The second kappa shape index (κ2) is 5.09. The second-order valence-electron chi connectivity index (χ2n) is 3.57. The molecule has 0 radical (unpaired) electrons. The molecule has 2 rings (SSSR count). The summed E-state index contributed by atoms with van der Waals surface area (Å²) in [6.45, 7) is 2.40. The van der Waals surface area contributed by atoms with Crippen molar-refractivity contribution in [3.8, 4) is 11.4 Å². The average Bonchev–Trinajstić information content (AvgIpc) is 2.77. The maximum Gasteiger partial charge on any atom is 0.194 e. The first-order chi connectivity index (χ1) is 8.58. The van der Waals surface area contributed by atoms with Crippen LogP contribution in [0.1, 0.15) is 12.7 Å². The van der Waals surface area contributed by atoms with Gasteiger partial charge in [-0.05, 0) is 19.1 Å². The summed E-state index contributed by atoms with van der Waals surface area (Å²) >= 11 is 3.24. The van der Waals surface area contributed by atoms with E-state index >= 15 is 0 Å². The van der Waals surface area contributed by atoms with Crippen molar-refractivity contribution in [3.05, 3.63) is 35.4 Å². The van der Waals surface area contributed by atoms with E-state index in [1.54, 1.807) is 4.57 Å². The molecule has 0 spiro atoms. The van der Waals surface area contributed by atoms with Crippen LogP contribution in [-0.2, 0) is 11.9 Å². The van der Waals surface area contributed by atoms with Gasteiger partial charge in [0.15, 0.2) is 23.3 Å². The van der Waals surface area contributed by atoms with Gasteiger partial charge >= 0.3 is 0 Å². The zero-order chi connectivity index (χ0) is 13.3. The highest BCUT2D eigenvalue weighted by molar-refractivity contribution is 9.08. The summed E-state index contributed by atoms with van der Waals surface area (Å²) in [5.41, 5.74) is 0.160. The minimum Gasteiger partial charge on any atom is -0.311 e. The van der Waals surface area contributed by atoms with Crippen molar-refractivity contribution in [1.29, 1.82) is 0 Å². The highest BCUT2D eigenvalue weighted by atomic mass is 79.9.